The Kier molecular flexibility index (Phi) is 5.14. The second-order valence-electron chi connectivity index (χ2n) is 6.77. The van der Waals surface area contributed by atoms with Gasteiger partial charge in [0.2, 0.25) is 5.89 Å². The van der Waals surface area contributed by atoms with Crippen LogP contribution in [0, 0.1) is 12.7 Å². The standard InChI is InChI=1S/C21H21ClFN3O/c1-15-20(24-21(27-15)16-5-7-18(23)8-6-16)14-25-9-11-26(12-10-25)19-4-2-3-17(22)13-19/h2-8,13H,9-12,14H2,1H3. The maximum atomic E-state index is 13.1. The van der Waals surface area contributed by atoms with E-state index in [2.05, 4.69) is 20.9 Å². The van der Waals surface area contributed by atoms with Crippen LogP contribution in [0.3, 0.4) is 0 Å². The molecule has 0 saturated carbocycles. The van der Waals surface area contributed by atoms with Crippen LogP contribution in [0.25, 0.3) is 11.5 Å². The summed E-state index contributed by atoms with van der Waals surface area (Å²) in [6, 6.07) is 14.2. The van der Waals surface area contributed by atoms with Crippen molar-refractivity contribution in [3.05, 3.63) is 70.8 Å². The van der Waals surface area contributed by atoms with Crippen LogP contribution in [0.1, 0.15) is 11.5 Å². The monoisotopic (exact) mass is 385 g/mol. The summed E-state index contributed by atoms with van der Waals surface area (Å²) < 4.78 is 18.9. The number of nitrogens with zero attached hydrogens (tertiary/aromatic N) is 3. The molecule has 0 amide bonds. The molecule has 4 rings (SSSR count). The maximum absolute atomic E-state index is 13.1. The number of benzene rings is 2. The quantitative estimate of drug-likeness (QED) is 0.648. The van der Waals surface area contributed by atoms with Gasteiger partial charge in [0.05, 0.1) is 5.69 Å². The van der Waals surface area contributed by atoms with Gasteiger partial charge in [0.25, 0.3) is 0 Å². The van der Waals surface area contributed by atoms with Crippen LogP contribution in [0.5, 0.6) is 0 Å². The number of aryl methyl sites for hydroxylation is 1. The van der Waals surface area contributed by atoms with Gasteiger partial charge < -0.3 is 9.32 Å². The van der Waals surface area contributed by atoms with Gasteiger partial charge in [-0.1, -0.05) is 17.7 Å². The third-order valence-corrected chi connectivity index (χ3v) is 5.14. The molecule has 0 bridgehead atoms. The van der Waals surface area contributed by atoms with Crippen LogP contribution in [-0.2, 0) is 6.54 Å². The Balaban J connectivity index is 1.40. The van der Waals surface area contributed by atoms with Crippen molar-refractivity contribution in [3.8, 4) is 11.5 Å². The summed E-state index contributed by atoms with van der Waals surface area (Å²) in [5, 5.41) is 0.765. The zero-order valence-corrected chi connectivity index (χ0v) is 15.9. The molecule has 0 aliphatic carbocycles. The number of rotatable bonds is 4. The second-order valence-corrected chi connectivity index (χ2v) is 7.21. The minimum absolute atomic E-state index is 0.264. The van der Waals surface area contributed by atoms with Crippen molar-refractivity contribution in [1.29, 1.82) is 0 Å². The van der Waals surface area contributed by atoms with Crippen molar-refractivity contribution in [2.24, 2.45) is 0 Å². The van der Waals surface area contributed by atoms with E-state index in [0.717, 1.165) is 54.8 Å². The van der Waals surface area contributed by atoms with E-state index in [-0.39, 0.29) is 5.82 Å². The molecule has 0 unspecified atom stereocenters. The fourth-order valence-electron chi connectivity index (χ4n) is 3.34. The number of piperazine rings is 1. The smallest absolute Gasteiger partial charge is 0.226 e. The fraction of sp³-hybridized carbons (Fsp3) is 0.286. The largest absolute Gasteiger partial charge is 0.441 e. The van der Waals surface area contributed by atoms with Crippen molar-refractivity contribution in [2.45, 2.75) is 13.5 Å². The molecule has 1 aromatic heterocycles. The van der Waals surface area contributed by atoms with Crippen LogP contribution in [-0.4, -0.2) is 36.1 Å². The summed E-state index contributed by atoms with van der Waals surface area (Å²) in [5.41, 5.74) is 2.89. The summed E-state index contributed by atoms with van der Waals surface area (Å²) in [6.07, 6.45) is 0. The van der Waals surface area contributed by atoms with Crippen LogP contribution in [0.4, 0.5) is 10.1 Å². The summed E-state index contributed by atoms with van der Waals surface area (Å²) in [6.45, 7) is 6.47. The van der Waals surface area contributed by atoms with Crippen molar-refractivity contribution >= 4 is 17.3 Å². The lowest BCUT2D eigenvalue weighted by atomic mass is 10.2. The Hall–Kier alpha value is -2.37. The van der Waals surface area contributed by atoms with Gasteiger partial charge in [0.15, 0.2) is 0 Å². The molecule has 0 atom stereocenters. The molecule has 4 nitrogen and oxygen atoms in total. The number of hydrogen-bond acceptors (Lipinski definition) is 4. The van der Waals surface area contributed by atoms with Crippen LogP contribution >= 0.6 is 11.6 Å². The van der Waals surface area contributed by atoms with Crippen molar-refractivity contribution in [2.75, 3.05) is 31.1 Å². The zero-order valence-electron chi connectivity index (χ0n) is 15.2. The van der Waals surface area contributed by atoms with E-state index in [1.807, 2.05) is 25.1 Å². The minimum Gasteiger partial charge on any atom is -0.441 e. The molecule has 1 aliphatic rings. The molecule has 0 radical (unpaired) electrons. The molecule has 27 heavy (non-hydrogen) atoms. The van der Waals surface area contributed by atoms with E-state index in [9.17, 15) is 4.39 Å². The van der Waals surface area contributed by atoms with Crippen LogP contribution in [0.2, 0.25) is 5.02 Å². The summed E-state index contributed by atoms with van der Waals surface area (Å²) in [4.78, 5) is 9.36. The third-order valence-electron chi connectivity index (χ3n) is 4.90. The molecule has 3 aromatic rings. The van der Waals surface area contributed by atoms with Gasteiger partial charge in [0, 0.05) is 49.0 Å². The van der Waals surface area contributed by atoms with Gasteiger partial charge in [-0.25, -0.2) is 9.37 Å². The normalized spacial score (nSPS) is 15.3. The Morgan fingerprint density at radius 1 is 1.07 bits per heavy atom. The SMILES string of the molecule is Cc1oc(-c2ccc(F)cc2)nc1CN1CCN(c2cccc(Cl)c2)CC1. The second kappa shape index (κ2) is 7.71. The highest BCUT2D eigenvalue weighted by molar-refractivity contribution is 6.30. The number of oxazole rings is 1. The lowest BCUT2D eigenvalue weighted by molar-refractivity contribution is 0.246. The molecule has 1 aliphatic heterocycles. The first kappa shape index (κ1) is 18.0. The predicted molar refractivity (Wildman–Crippen MR) is 106 cm³/mol. The van der Waals surface area contributed by atoms with Gasteiger partial charge in [0.1, 0.15) is 11.6 Å². The predicted octanol–water partition coefficient (Wildman–Crippen LogP) is 4.76. The minimum atomic E-state index is -0.264. The van der Waals surface area contributed by atoms with Gasteiger partial charge in [-0.3, -0.25) is 4.90 Å². The molecular formula is C21H21ClFN3O. The molecular weight excluding hydrogens is 365 g/mol. The molecule has 0 spiro atoms. The molecule has 140 valence electrons. The van der Waals surface area contributed by atoms with E-state index in [4.69, 9.17) is 16.0 Å². The van der Waals surface area contributed by atoms with Crippen LogP contribution in [0.15, 0.2) is 52.9 Å². The lowest BCUT2D eigenvalue weighted by Crippen LogP contribution is -2.46. The average Bonchev–Trinajstić information content (AvgIpc) is 3.03. The van der Waals surface area contributed by atoms with E-state index in [1.54, 1.807) is 12.1 Å². The summed E-state index contributed by atoms with van der Waals surface area (Å²) in [5.74, 6) is 1.09. The third kappa shape index (κ3) is 4.15. The van der Waals surface area contributed by atoms with Gasteiger partial charge >= 0.3 is 0 Å². The van der Waals surface area contributed by atoms with E-state index >= 15 is 0 Å². The Bertz CT molecular complexity index is 917. The number of aromatic nitrogens is 1. The zero-order chi connectivity index (χ0) is 18.8. The van der Waals surface area contributed by atoms with Crippen molar-refractivity contribution < 1.29 is 8.81 Å². The average molecular weight is 386 g/mol. The van der Waals surface area contributed by atoms with E-state index in [1.165, 1.54) is 17.8 Å². The molecule has 2 aromatic carbocycles. The molecule has 6 heteroatoms. The summed E-state index contributed by atoms with van der Waals surface area (Å²) >= 11 is 6.10. The van der Waals surface area contributed by atoms with E-state index < -0.39 is 0 Å². The number of halogens is 2. The Morgan fingerprint density at radius 3 is 2.52 bits per heavy atom. The first-order chi connectivity index (χ1) is 13.1. The van der Waals surface area contributed by atoms with Gasteiger partial charge in [-0.15, -0.1) is 0 Å². The fourth-order valence-corrected chi connectivity index (χ4v) is 3.52. The summed E-state index contributed by atoms with van der Waals surface area (Å²) in [7, 11) is 0. The van der Waals surface area contributed by atoms with Crippen molar-refractivity contribution in [3.63, 3.8) is 0 Å². The maximum Gasteiger partial charge on any atom is 0.226 e. The Labute approximate surface area is 163 Å². The Morgan fingerprint density at radius 2 is 1.81 bits per heavy atom. The van der Waals surface area contributed by atoms with Gasteiger partial charge in [-0.2, -0.15) is 0 Å². The highest BCUT2D eigenvalue weighted by Gasteiger charge is 2.20. The van der Waals surface area contributed by atoms with Crippen molar-refractivity contribution in [1.82, 2.24) is 9.88 Å². The highest BCUT2D eigenvalue weighted by atomic mass is 35.5. The topological polar surface area (TPSA) is 32.5 Å². The molecule has 2 heterocycles. The van der Waals surface area contributed by atoms with E-state index in [0.29, 0.717) is 5.89 Å². The first-order valence-corrected chi connectivity index (χ1v) is 9.41. The lowest BCUT2D eigenvalue weighted by Gasteiger charge is -2.35. The van der Waals surface area contributed by atoms with Gasteiger partial charge in [-0.05, 0) is 49.4 Å². The number of hydrogen-bond donors (Lipinski definition) is 0. The van der Waals surface area contributed by atoms with Crippen LogP contribution < -0.4 is 4.90 Å². The first-order valence-electron chi connectivity index (χ1n) is 9.03. The molecule has 0 N–H and O–H groups in total. The molecule has 1 saturated heterocycles. The highest BCUT2D eigenvalue weighted by Crippen LogP contribution is 2.24. The molecule has 1 fully saturated rings. The number of anilines is 1.